The summed E-state index contributed by atoms with van der Waals surface area (Å²) in [4.78, 5) is 4.48. The van der Waals surface area contributed by atoms with Crippen LogP contribution >= 0.6 is 12.4 Å². The third-order valence-corrected chi connectivity index (χ3v) is 4.12. The van der Waals surface area contributed by atoms with Crippen LogP contribution in [0.3, 0.4) is 0 Å². The average molecular weight is 360 g/mol. The highest BCUT2D eigenvalue weighted by atomic mass is 35.5. The minimum atomic E-state index is -2.69. The summed E-state index contributed by atoms with van der Waals surface area (Å²) in [5, 5.41) is 22.8. The van der Waals surface area contributed by atoms with Crippen molar-refractivity contribution in [2.75, 3.05) is 13.1 Å². The van der Waals surface area contributed by atoms with Crippen molar-refractivity contribution in [3.63, 3.8) is 0 Å². The first-order chi connectivity index (χ1) is 10.9. The van der Waals surface area contributed by atoms with Gasteiger partial charge in [-0.05, 0) is 25.5 Å². The molecule has 1 saturated heterocycles. The summed E-state index contributed by atoms with van der Waals surface area (Å²) in [5.41, 5.74) is 3.01. The van der Waals surface area contributed by atoms with E-state index in [4.69, 9.17) is 0 Å². The van der Waals surface area contributed by atoms with Crippen LogP contribution in [0.2, 0.25) is 0 Å². The fourth-order valence-electron chi connectivity index (χ4n) is 3.01. The molecule has 24 heavy (non-hydrogen) atoms. The summed E-state index contributed by atoms with van der Waals surface area (Å²) in [7, 11) is 0. The minimum absolute atomic E-state index is 0. The van der Waals surface area contributed by atoms with Gasteiger partial charge in [0.05, 0.1) is 24.0 Å². The van der Waals surface area contributed by atoms with E-state index in [0.29, 0.717) is 29.3 Å². The Kier molecular flexibility index (Phi) is 5.52. The molecule has 2 atom stereocenters. The molecule has 2 aromatic heterocycles. The van der Waals surface area contributed by atoms with Crippen molar-refractivity contribution in [2.24, 2.45) is 0 Å². The number of nitrogens with zero attached hydrogens (tertiary/aromatic N) is 3. The number of H-pyrrole nitrogens is 1. The van der Waals surface area contributed by atoms with Crippen molar-refractivity contribution in [1.29, 1.82) is 0 Å². The van der Waals surface area contributed by atoms with Crippen LogP contribution in [0, 0.1) is 6.92 Å². The van der Waals surface area contributed by atoms with Gasteiger partial charge in [0.2, 0.25) is 0 Å². The largest absolute Gasteiger partial charge is 0.387 e. The smallest absolute Gasteiger partial charge is 0.260 e. The third-order valence-electron chi connectivity index (χ3n) is 4.12. The second-order valence-electron chi connectivity index (χ2n) is 6.01. The average Bonchev–Trinajstić information content (AvgIpc) is 2.95. The van der Waals surface area contributed by atoms with Gasteiger partial charge in [0, 0.05) is 24.6 Å². The Morgan fingerprint density at radius 2 is 2.12 bits per heavy atom. The van der Waals surface area contributed by atoms with Crippen LogP contribution in [-0.2, 0) is 0 Å². The quantitative estimate of drug-likeness (QED) is 0.783. The normalized spacial score (nSPS) is 21.1. The van der Waals surface area contributed by atoms with E-state index in [1.165, 1.54) is 0 Å². The zero-order valence-electron chi connectivity index (χ0n) is 13.4. The number of aromatic amines is 1. The molecule has 0 aliphatic carbocycles. The highest BCUT2D eigenvalue weighted by Gasteiger charge is 2.37. The number of aliphatic hydroxyl groups excluding tert-OH is 1. The Morgan fingerprint density at radius 1 is 1.38 bits per heavy atom. The summed E-state index contributed by atoms with van der Waals surface area (Å²) in [6.07, 6.45) is -0.923. The number of alkyl halides is 2. The van der Waals surface area contributed by atoms with E-state index in [9.17, 15) is 13.9 Å². The number of aryl methyl sites for hydroxylation is 1. The number of pyridine rings is 1. The van der Waals surface area contributed by atoms with E-state index in [0.717, 1.165) is 5.56 Å². The monoisotopic (exact) mass is 359 g/mol. The second kappa shape index (κ2) is 7.08. The minimum Gasteiger partial charge on any atom is -0.387 e. The molecule has 2 aromatic rings. The number of hydrogen-bond acceptors (Lipinski definition) is 5. The predicted molar refractivity (Wildman–Crippen MR) is 87.4 cm³/mol. The molecule has 1 fully saturated rings. The number of halogens is 3. The van der Waals surface area contributed by atoms with Crippen molar-refractivity contribution < 1.29 is 13.9 Å². The van der Waals surface area contributed by atoms with Crippen LogP contribution in [0.4, 0.5) is 8.78 Å². The predicted octanol–water partition coefficient (Wildman–Crippen LogP) is 2.36. The lowest BCUT2D eigenvalue weighted by molar-refractivity contribution is -0.0278. The SMILES string of the molecule is Cc1nc(-c2nn[nH]c2C(C)O)ccc1C1CNCC(F)(F)C1.Cl. The molecule has 3 N–H and O–H groups in total. The first-order valence-electron chi connectivity index (χ1n) is 7.53. The Balaban J connectivity index is 0.00000208. The van der Waals surface area contributed by atoms with E-state index in [2.05, 4.69) is 25.7 Å². The van der Waals surface area contributed by atoms with Gasteiger partial charge in [-0.15, -0.1) is 17.5 Å². The molecular weight excluding hydrogens is 340 g/mol. The van der Waals surface area contributed by atoms with Crippen LogP contribution < -0.4 is 5.32 Å². The van der Waals surface area contributed by atoms with Crippen LogP contribution in [0.25, 0.3) is 11.4 Å². The lowest BCUT2D eigenvalue weighted by atomic mass is 9.88. The Hall–Kier alpha value is -1.64. The molecule has 0 spiro atoms. The van der Waals surface area contributed by atoms with Gasteiger partial charge in [-0.1, -0.05) is 11.3 Å². The Bertz CT molecular complexity index is 707. The molecule has 0 radical (unpaired) electrons. The maximum atomic E-state index is 13.6. The van der Waals surface area contributed by atoms with E-state index < -0.39 is 12.0 Å². The number of aliphatic hydroxyl groups is 1. The summed E-state index contributed by atoms with van der Waals surface area (Å²) >= 11 is 0. The van der Waals surface area contributed by atoms with E-state index in [1.54, 1.807) is 19.9 Å². The van der Waals surface area contributed by atoms with Crippen LogP contribution in [0.1, 0.15) is 42.3 Å². The number of hydrogen-bond donors (Lipinski definition) is 3. The molecule has 0 amide bonds. The molecular formula is C15H20ClF2N5O. The van der Waals surface area contributed by atoms with Gasteiger partial charge < -0.3 is 10.4 Å². The van der Waals surface area contributed by atoms with Crippen LogP contribution in [0.15, 0.2) is 12.1 Å². The topological polar surface area (TPSA) is 86.7 Å². The first-order valence-corrected chi connectivity index (χ1v) is 7.53. The molecule has 0 aromatic carbocycles. The number of aromatic nitrogens is 4. The lowest BCUT2D eigenvalue weighted by Gasteiger charge is -2.30. The Morgan fingerprint density at radius 3 is 2.75 bits per heavy atom. The number of piperidine rings is 1. The van der Waals surface area contributed by atoms with Gasteiger partial charge in [-0.25, -0.2) is 8.78 Å². The summed E-state index contributed by atoms with van der Waals surface area (Å²) in [6, 6.07) is 3.55. The molecule has 0 bridgehead atoms. The van der Waals surface area contributed by atoms with Crippen molar-refractivity contribution in [2.45, 2.75) is 38.2 Å². The van der Waals surface area contributed by atoms with Crippen molar-refractivity contribution in [3.05, 3.63) is 29.1 Å². The standard InChI is InChI=1S/C15H19F2N5O.ClH/c1-8-11(10-5-15(16,17)7-18-6-10)3-4-12(19-8)14-13(9(2)23)20-22-21-14;/h3-4,9-10,18,23H,5-7H2,1-2H3,(H,20,21,22);1H. The van der Waals surface area contributed by atoms with Crippen molar-refractivity contribution in [3.8, 4) is 11.4 Å². The highest BCUT2D eigenvalue weighted by Crippen LogP contribution is 2.34. The molecule has 132 valence electrons. The maximum Gasteiger partial charge on any atom is 0.260 e. The van der Waals surface area contributed by atoms with Crippen LogP contribution in [0.5, 0.6) is 0 Å². The Labute approximate surface area is 144 Å². The van der Waals surface area contributed by atoms with Crippen LogP contribution in [-0.4, -0.2) is 44.5 Å². The zero-order valence-corrected chi connectivity index (χ0v) is 14.2. The number of rotatable bonds is 3. The molecule has 9 heteroatoms. The highest BCUT2D eigenvalue weighted by molar-refractivity contribution is 5.85. The van der Waals surface area contributed by atoms with Gasteiger partial charge in [0.1, 0.15) is 5.69 Å². The van der Waals surface area contributed by atoms with E-state index in [-0.39, 0.29) is 31.3 Å². The van der Waals surface area contributed by atoms with Crippen molar-refractivity contribution in [1.82, 2.24) is 25.7 Å². The fraction of sp³-hybridized carbons (Fsp3) is 0.533. The van der Waals surface area contributed by atoms with Gasteiger partial charge in [-0.2, -0.15) is 0 Å². The molecule has 2 unspecified atom stereocenters. The summed E-state index contributed by atoms with van der Waals surface area (Å²) < 4.78 is 27.2. The second-order valence-corrected chi connectivity index (χ2v) is 6.01. The van der Waals surface area contributed by atoms with Gasteiger partial charge >= 0.3 is 0 Å². The first kappa shape index (κ1) is 18.7. The zero-order chi connectivity index (χ0) is 16.6. The third kappa shape index (κ3) is 3.71. The maximum absolute atomic E-state index is 13.6. The summed E-state index contributed by atoms with van der Waals surface area (Å²) in [6.45, 7) is 3.65. The molecule has 3 rings (SSSR count). The molecule has 3 heterocycles. The summed E-state index contributed by atoms with van der Waals surface area (Å²) in [5.74, 6) is -2.96. The molecule has 1 aliphatic rings. The van der Waals surface area contributed by atoms with E-state index >= 15 is 0 Å². The number of nitrogens with one attached hydrogen (secondary N) is 2. The van der Waals surface area contributed by atoms with Gasteiger partial charge in [0.15, 0.2) is 0 Å². The molecule has 1 aliphatic heterocycles. The van der Waals surface area contributed by atoms with Gasteiger partial charge in [0.25, 0.3) is 5.92 Å². The van der Waals surface area contributed by atoms with Gasteiger partial charge in [-0.3, -0.25) is 10.1 Å². The van der Waals surface area contributed by atoms with Crippen molar-refractivity contribution >= 4 is 12.4 Å². The molecule has 0 saturated carbocycles. The fourth-order valence-corrected chi connectivity index (χ4v) is 3.01. The molecule has 6 nitrogen and oxygen atoms in total. The van der Waals surface area contributed by atoms with E-state index in [1.807, 2.05) is 6.07 Å². The lowest BCUT2D eigenvalue weighted by Crippen LogP contribution is -2.43.